The van der Waals surface area contributed by atoms with Gasteiger partial charge in [0.2, 0.25) is 0 Å². The van der Waals surface area contributed by atoms with Gasteiger partial charge in [0, 0.05) is 37.7 Å². The zero-order valence-corrected chi connectivity index (χ0v) is 14.0. The Morgan fingerprint density at radius 1 is 1.04 bits per heavy atom. The fourth-order valence-electron chi connectivity index (χ4n) is 3.58. The van der Waals surface area contributed by atoms with Crippen molar-refractivity contribution < 1.29 is 9.53 Å². The normalized spacial score (nSPS) is 23.7. The molecule has 2 aliphatic heterocycles. The lowest BCUT2D eigenvalue weighted by atomic mass is 10.0. The molecule has 0 bridgehead atoms. The summed E-state index contributed by atoms with van der Waals surface area (Å²) in [5.41, 5.74) is 0.814. The second-order valence-corrected chi connectivity index (χ2v) is 6.66. The highest BCUT2D eigenvalue weighted by molar-refractivity contribution is 5.96. The summed E-state index contributed by atoms with van der Waals surface area (Å²) in [7, 11) is 0. The quantitative estimate of drug-likeness (QED) is 0.755. The Morgan fingerprint density at radius 3 is 2.61 bits per heavy atom. The number of likely N-dealkylation sites (tertiary alicyclic amines) is 1. The Balaban J connectivity index is 1.52. The molecule has 2 heterocycles. The number of Topliss-reactive ketones (excluding diaryl/α,β-unsaturated/α-hetero) is 1. The van der Waals surface area contributed by atoms with E-state index in [2.05, 4.69) is 9.80 Å². The molecule has 1 unspecified atom stereocenters. The standard InChI is InChI=1S/C19H28N2O2/c22-19(17-7-3-1-4-8-17)15-18-16-23-14-13-21(18)12-11-20-9-5-2-6-10-20/h1,3-4,7-8,18H,2,5-6,9-16H2. The van der Waals surface area contributed by atoms with Crippen LogP contribution in [0.5, 0.6) is 0 Å². The number of carbonyl (C=O) groups excluding carboxylic acids is 1. The molecule has 4 nitrogen and oxygen atoms in total. The molecule has 1 atom stereocenters. The van der Waals surface area contributed by atoms with E-state index < -0.39 is 0 Å². The summed E-state index contributed by atoms with van der Waals surface area (Å²) in [4.78, 5) is 17.5. The van der Waals surface area contributed by atoms with Crippen LogP contribution in [0.1, 0.15) is 36.0 Å². The Hall–Kier alpha value is -1.23. The van der Waals surface area contributed by atoms with E-state index in [1.165, 1.54) is 32.4 Å². The first-order valence-corrected chi connectivity index (χ1v) is 8.95. The average Bonchev–Trinajstić information content (AvgIpc) is 2.62. The van der Waals surface area contributed by atoms with Gasteiger partial charge in [0.05, 0.1) is 13.2 Å². The summed E-state index contributed by atoms with van der Waals surface area (Å²) in [5, 5.41) is 0. The molecule has 0 radical (unpaired) electrons. The van der Waals surface area contributed by atoms with E-state index in [1.54, 1.807) is 0 Å². The van der Waals surface area contributed by atoms with E-state index in [-0.39, 0.29) is 11.8 Å². The van der Waals surface area contributed by atoms with Gasteiger partial charge in [0.1, 0.15) is 0 Å². The van der Waals surface area contributed by atoms with Crippen molar-refractivity contribution in [2.24, 2.45) is 0 Å². The van der Waals surface area contributed by atoms with Gasteiger partial charge in [-0.25, -0.2) is 0 Å². The van der Waals surface area contributed by atoms with Gasteiger partial charge in [-0.15, -0.1) is 0 Å². The van der Waals surface area contributed by atoms with Crippen LogP contribution in [-0.2, 0) is 4.74 Å². The van der Waals surface area contributed by atoms with E-state index in [1.807, 2.05) is 30.3 Å². The van der Waals surface area contributed by atoms with Gasteiger partial charge in [0.15, 0.2) is 5.78 Å². The van der Waals surface area contributed by atoms with Crippen molar-refractivity contribution >= 4 is 5.78 Å². The molecule has 2 aliphatic rings. The molecular formula is C19H28N2O2. The number of rotatable bonds is 6. The minimum absolute atomic E-state index is 0.223. The number of hydrogen-bond donors (Lipinski definition) is 0. The molecule has 0 aliphatic carbocycles. The molecule has 0 N–H and O–H groups in total. The minimum atomic E-state index is 0.223. The van der Waals surface area contributed by atoms with E-state index >= 15 is 0 Å². The minimum Gasteiger partial charge on any atom is -0.378 e. The highest BCUT2D eigenvalue weighted by Gasteiger charge is 2.26. The van der Waals surface area contributed by atoms with Crippen LogP contribution in [0.4, 0.5) is 0 Å². The Bertz CT molecular complexity index is 485. The first-order chi connectivity index (χ1) is 11.3. The van der Waals surface area contributed by atoms with Gasteiger partial charge >= 0.3 is 0 Å². The molecule has 126 valence electrons. The van der Waals surface area contributed by atoms with E-state index in [9.17, 15) is 4.79 Å². The van der Waals surface area contributed by atoms with Gasteiger partial charge in [-0.2, -0.15) is 0 Å². The van der Waals surface area contributed by atoms with Crippen LogP contribution in [0.2, 0.25) is 0 Å². The fourth-order valence-corrected chi connectivity index (χ4v) is 3.58. The fraction of sp³-hybridized carbons (Fsp3) is 0.632. The van der Waals surface area contributed by atoms with Crippen molar-refractivity contribution in [3.8, 4) is 0 Å². The topological polar surface area (TPSA) is 32.8 Å². The third kappa shape index (κ3) is 4.87. The number of ether oxygens (including phenoxy) is 1. The SMILES string of the molecule is O=C(CC1COCCN1CCN1CCCCC1)c1ccccc1. The summed E-state index contributed by atoms with van der Waals surface area (Å²) >= 11 is 0. The van der Waals surface area contributed by atoms with E-state index in [0.29, 0.717) is 13.0 Å². The third-order valence-corrected chi connectivity index (χ3v) is 5.02. The zero-order chi connectivity index (χ0) is 15.9. The maximum atomic E-state index is 12.5. The first kappa shape index (κ1) is 16.6. The van der Waals surface area contributed by atoms with Crippen molar-refractivity contribution in [2.45, 2.75) is 31.7 Å². The Labute approximate surface area is 139 Å². The lowest BCUT2D eigenvalue weighted by Gasteiger charge is -2.37. The van der Waals surface area contributed by atoms with Crippen LogP contribution >= 0.6 is 0 Å². The summed E-state index contributed by atoms with van der Waals surface area (Å²) in [6.07, 6.45) is 4.60. The molecule has 1 aromatic rings. The number of hydrogen-bond acceptors (Lipinski definition) is 4. The summed E-state index contributed by atoms with van der Waals surface area (Å²) in [6.45, 7) is 7.05. The Kier molecular flexibility index (Phi) is 6.20. The average molecular weight is 316 g/mol. The largest absolute Gasteiger partial charge is 0.378 e. The number of carbonyl (C=O) groups is 1. The number of piperidine rings is 1. The second kappa shape index (κ2) is 8.57. The number of ketones is 1. The molecular weight excluding hydrogens is 288 g/mol. The van der Waals surface area contributed by atoms with Gasteiger partial charge in [-0.05, 0) is 25.9 Å². The lowest BCUT2D eigenvalue weighted by Crippen LogP contribution is -2.49. The number of morpholine rings is 1. The molecule has 2 fully saturated rings. The highest BCUT2D eigenvalue weighted by atomic mass is 16.5. The predicted octanol–water partition coefficient (Wildman–Crippen LogP) is 2.45. The highest BCUT2D eigenvalue weighted by Crippen LogP contribution is 2.15. The van der Waals surface area contributed by atoms with Gasteiger partial charge in [-0.3, -0.25) is 9.69 Å². The third-order valence-electron chi connectivity index (χ3n) is 5.02. The zero-order valence-electron chi connectivity index (χ0n) is 14.0. The smallest absolute Gasteiger partial charge is 0.164 e. The number of nitrogens with zero attached hydrogens (tertiary/aromatic N) is 2. The Morgan fingerprint density at radius 2 is 1.83 bits per heavy atom. The molecule has 2 saturated heterocycles. The van der Waals surface area contributed by atoms with Crippen molar-refractivity contribution in [2.75, 3.05) is 45.9 Å². The molecule has 1 aromatic carbocycles. The van der Waals surface area contributed by atoms with Gasteiger partial charge in [0.25, 0.3) is 0 Å². The maximum Gasteiger partial charge on any atom is 0.164 e. The lowest BCUT2D eigenvalue weighted by molar-refractivity contribution is -0.0125. The van der Waals surface area contributed by atoms with Gasteiger partial charge < -0.3 is 9.64 Å². The molecule has 3 rings (SSSR count). The van der Waals surface area contributed by atoms with Gasteiger partial charge in [-0.1, -0.05) is 36.8 Å². The first-order valence-electron chi connectivity index (χ1n) is 8.95. The van der Waals surface area contributed by atoms with Crippen LogP contribution in [0.25, 0.3) is 0 Å². The van der Waals surface area contributed by atoms with Crippen molar-refractivity contribution in [3.63, 3.8) is 0 Å². The van der Waals surface area contributed by atoms with Crippen molar-refractivity contribution in [1.29, 1.82) is 0 Å². The van der Waals surface area contributed by atoms with E-state index in [0.717, 1.165) is 31.8 Å². The van der Waals surface area contributed by atoms with Crippen LogP contribution in [0, 0.1) is 0 Å². The van der Waals surface area contributed by atoms with Crippen LogP contribution in [-0.4, -0.2) is 67.6 Å². The number of benzene rings is 1. The van der Waals surface area contributed by atoms with Crippen molar-refractivity contribution in [3.05, 3.63) is 35.9 Å². The van der Waals surface area contributed by atoms with Crippen LogP contribution in [0.3, 0.4) is 0 Å². The molecule has 0 aromatic heterocycles. The molecule has 23 heavy (non-hydrogen) atoms. The summed E-state index contributed by atoms with van der Waals surface area (Å²) in [6, 6.07) is 9.85. The van der Waals surface area contributed by atoms with Crippen molar-refractivity contribution in [1.82, 2.24) is 9.80 Å². The summed E-state index contributed by atoms with van der Waals surface area (Å²) < 4.78 is 5.63. The molecule has 0 saturated carbocycles. The monoisotopic (exact) mass is 316 g/mol. The molecule has 0 amide bonds. The molecule has 4 heteroatoms. The van der Waals surface area contributed by atoms with Crippen LogP contribution in [0.15, 0.2) is 30.3 Å². The molecule has 0 spiro atoms. The van der Waals surface area contributed by atoms with Crippen LogP contribution < -0.4 is 0 Å². The summed E-state index contributed by atoms with van der Waals surface area (Å²) in [5.74, 6) is 0.226. The second-order valence-electron chi connectivity index (χ2n) is 6.66. The van der Waals surface area contributed by atoms with E-state index in [4.69, 9.17) is 4.74 Å². The maximum absolute atomic E-state index is 12.5. The predicted molar refractivity (Wildman–Crippen MR) is 91.9 cm³/mol.